The SMILES string of the molecule is Cc1csc(C(C)(N)Cc2ccccc2)n1. The van der Waals surface area contributed by atoms with Gasteiger partial charge in [-0.1, -0.05) is 30.3 Å². The summed E-state index contributed by atoms with van der Waals surface area (Å²) in [5.74, 6) is 0. The van der Waals surface area contributed by atoms with E-state index in [0.29, 0.717) is 0 Å². The molecule has 16 heavy (non-hydrogen) atoms. The average molecular weight is 232 g/mol. The summed E-state index contributed by atoms with van der Waals surface area (Å²) in [6.45, 7) is 4.04. The van der Waals surface area contributed by atoms with E-state index in [1.807, 2.05) is 37.4 Å². The molecule has 0 radical (unpaired) electrons. The van der Waals surface area contributed by atoms with Crippen molar-refractivity contribution >= 4 is 11.3 Å². The molecule has 1 heterocycles. The van der Waals surface area contributed by atoms with Crippen LogP contribution in [0.25, 0.3) is 0 Å². The Morgan fingerprint density at radius 3 is 2.56 bits per heavy atom. The van der Waals surface area contributed by atoms with Crippen molar-refractivity contribution in [1.82, 2.24) is 4.98 Å². The Balaban J connectivity index is 2.20. The Morgan fingerprint density at radius 2 is 2.00 bits per heavy atom. The van der Waals surface area contributed by atoms with E-state index in [1.165, 1.54) is 5.56 Å². The lowest BCUT2D eigenvalue weighted by Gasteiger charge is -2.22. The molecule has 0 bridgehead atoms. The normalized spacial score (nSPS) is 14.7. The third-order valence-electron chi connectivity index (χ3n) is 2.52. The molecule has 1 aromatic heterocycles. The van der Waals surface area contributed by atoms with Crippen LogP contribution in [0.15, 0.2) is 35.7 Å². The molecule has 2 aromatic rings. The maximum atomic E-state index is 6.33. The van der Waals surface area contributed by atoms with Crippen LogP contribution in [-0.2, 0) is 12.0 Å². The summed E-state index contributed by atoms with van der Waals surface area (Å²) in [4.78, 5) is 4.47. The first-order valence-electron chi connectivity index (χ1n) is 5.33. The van der Waals surface area contributed by atoms with Crippen LogP contribution in [-0.4, -0.2) is 4.98 Å². The number of aryl methyl sites for hydroxylation is 1. The Bertz CT molecular complexity index is 460. The van der Waals surface area contributed by atoms with Gasteiger partial charge in [-0.25, -0.2) is 4.98 Å². The zero-order valence-corrected chi connectivity index (χ0v) is 10.4. The van der Waals surface area contributed by atoms with Gasteiger partial charge in [0.05, 0.1) is 5.54 Å². The standard InChI is InChI=1S/C13H16N2S/c1-10-9-16-12(15-10)13(2,14)8-11-6-4-3-5-7-11/h3-7,9H,8,14H2,1-2H3. The number of nitrogens with two attached hydrogens (primary N) is 1. The van der Waals surface area contributed by atoms with Crippen LogP contribution >= 0.6 is 11.3 Å². The van der Waals surface area contributed by atoms with Crippen molar-refractivity contribution in [3.63, 3.8) is 0 Å². The molecule has 2 nitrogen and oxygen atoms in total. The molecule has 2 rings (SSSR count). The highest BCUT2D eigenvalue weighted by atomic mass is 32.1. The van der Waals surface area contributed by atoms with Gasteiger partial charge in [-0.2, -0.15) is 0 Å². The largest absolute Gasteiger partial charge is 0.319 e. The molecule has 0 spiro atoms. The smallest absolute Gasteiger partial charge is 0.113 e. The zero-order valence-electron chi connectivity index (χ0n) is 9.60. The highest BCUT2D eigenvalue weighted by Crippen LogP contribution is 2.25. The molecular weight excluding hydrogens is 216 g/mol. The minimum Gasteiger partial charge on any atom is -0.319 e. The van der Waals surface area contributed by atoms with Crippen molar-refractivity contribution in [2.24, 2.45) is 5.73 Å². The van der Waals surface area contributed by atoms with E-state index in [2.05, 4.69) is 17.1 Å². The van der Waals surface area contributed by atoms with E-state index in [0.717, 1.165) is 17.1 Å². The predicted molar refractivity (Wildman–Crippen MR) is 68.5 cm³/mol. The van der Waals surface area contributed by atoms with Crippen molar-refractivity contribution in [2.75, 3.05) is 0 Å². The molecule has 1 unspecified atom stereocenters. The second-order valence-corrected chi connectivity index (χ2v) is 5.23. The third kappa shape index (κ3) is 2.49. The lowest BCUT2D eigenvalue weighted by Crippen LogP contribution is -2.35. The van der Waals surface area contributed by atoms with Crippen LogP contribution < -0.4 is 5.73 Å². The highest BCUT2D eigenvalue weighted by molar-refractivity contribution is 7.09. The lowest BCUT2D eigenvalue weighted by atomic mass is 9.95. The van der Waals surface area contributed by atoms with Gasteiger partial charge in [0.15, 0.2) is 0 Å². The van der Waals surface area contributed by atoms with Gasteiger partial charge in [0.25, 0.3) is 0 Å². The second kappa shape index (κ2) is 4.36. The summed E-state index contributed by atoms with van der Waals surface area (Å²) in [7, 11) is 0. The monoisotopic (exact) mass is 232 g/mol. The minimum absolute atomic E-state index is 0.375. The Hall–Kier alpha value is -1.19. The first-order valence-corrected chi connectivity index (χ1v) is 6.21. The molecule has 1 atom stereocenters. The van der Waals surface area contributed by atoms with Crippen LogP contribution in [0, 0.1) is 6.92 Å². The van der Waals surface area contributed by atoms with Crippen LogP contribution in [0.2, 0.25) is 0 Å². The minimum atomic E-state index is -0.375. The van der Waals surface area contributed by atoms with E-state index < -0.39 is 0 Å². The summed E-state index contributed by atoms with van der Waals surface area (Å²) < 4.78 is 0. The third-order valence-corrected chi connectivity index (χ3v) is 3.76. The molecule has 2 N–H and O–H groups in total. The topological polar surface area (TPSA) is 38.9 Å². The van der Waals surface area contributed by atoms with Crippen molar-refractivity contribution in [3.05, 3.63) is 52.0 Å². The predicted octanol–water partition coefficient (Wildman–Crippen LogP) is 2.87. The number of hydrogen-bond donors (Lipinski definition) is 1. The van der Waals surface area contributed by atoms with E-state index in [1.54, 1.807) is 11.3 Å². The first-order chi connectivity index (χ1) is 7.58. The Labute approximate surface area is 100 Å². The number of nitrogens with zero attached hydrogens (tertiary/aromatic N) is 1. The maximum Gasteiger partial charge on any atom is 0.113 e. The van der Waals surface area contributed by atoms with Gasteiger partial charge in [-0.3, -0.25) is 0 Å². The molecule has 0 aliphatic rings. The van der Waals surface area contributed by atoms with Gasteiger partial charge in [-0.15, -0.1) is 11.3 Å². The molecule has 0 saturated heterocycles. The fourth-order valence-corrected chi connectivity index (χ4v) is 2.58. The van der Waals surface area contributed by atoms with Crippen LogP contribution in [0.1, 0.15) is 23.2 Å². The van der Waals surface area contributed by atoms with Crippen LogP contribution in [0.5, 0.6) is 0 Å². The highest BCUT2D eigenvalue weighted by Gasteiger charge is 2.24. The molecule has 0 saturated carbocycles. The number of aromatic nitrogens is 1. The lowest BCUT2D eigenvalue weighted by molar-refractivity contribution is 0.487. The molecule has 1 aromatic carbocycles. The van der Waals surface area contributed by atoms with E-state index >= 15 is 0 Å². The number of rotatable bonds is 3. The van der Waals surface area contributed by atoms with Crippen molar-refractivity contribution in [1.29, 1.82) is 0 Å². The van der Waals surface area contributed by atoms with Gasteiger partial charge in [-0.05, 0) is 25.8 Å². The molecule has 0 amide bonds. The summed E-state index contributed by atoms with van der Waals surface area (Å²) in [6.07, 6.45) is 0.820. The molecular formula is C13H16N2S. The molecule has 0 aliphatic heterocycles. The van der Waals surface area contributed by atoms with E-state index in [-0.39, 0.29) is 5.54 Å². The second-order valence-electron chi connectivity index (χ2n) is 4.37. The fourth-order valence-electron chi connectivity index (χ4n) is 1.71. The van der Waals surface area contributed by atoms with Crippen LogP contribution in [0.3, 0.4) is 0 Å². The molecule has 84 valence electrons. The van der Waals surface area contributed by atoms with Gasteiger partial charge in [0, 0.05) is 11.1 Å². The van der Waals surface area contributed by atoms with Gasteiger partial charge in [0.1, 0.15) is 5.01 Å². The average Bonchev–Trinajstić information content (AvgIpc) is 2.66. The maximum absolute atomic E-state index is 6.33. The summed E-state index contributed by atoms with van der Waals surface area (Å²) in [5.41, 5.74) is 8.25. The quantitative estimate of drug-likeness (QED) is 0.883. The zero-order chi connectivity index (χ0) is 11.6. The number of thiazole rings is 1. The molecule has 0 fully saturated rings. The van der Waals surface area contributed by atoms with Gasteiger partial charge >= 0.3 is 0 Å². The van der Waals surface area contributed by atoms with Crippen LogP contribution in [0.4, 0.5) is 0 Å². The first kappa shape index (κ1) is 11.3. The van der Waals surface area contributed by atoms with Gasteiger partial charge < -0.3 is 5.73 Å². The van der Waals surface area contributed by atoms with Crippen molar-refractivity contribution in [2.45, 2.75) is 25.8 Å². The molecule has 3 heteroatoms. The molecule has 0 aliphatic carbocycles. The number of hydrogen-bond acceptors (Lipinski definition) is 3. The Morgan fingerprint density at radius 1 is 1.31 bits per heavy atom. The van der Waals surface area contributed by atoms with Crippen molar-refractivity contribution in [3.8, 4) is 0 Å². The van der Waals surface area contributed by atoms with Crippen molar-refractivity contribution < 1.29 is 0 Å². The van der Waals surface area contributed by atoms with E-state index in [4.69, 9.17) is 5.73 Å². The van der Waals surface area contributed by atoms with E-state index in [9.17, 15) is 0 Å². The summed E-state index contributed by atoms with van der Waals surface area (Å²) >= 11 is 1.64. The van der Waals surface area contributed by atoms with Gasteiger partial charge in [0.2, 0.25) is 0 Å². The fraction of sp³-hybridized carbons (Fsp3) is 0.308. The summed E-state index contributed by atoms with van der Waals surface area (Å²) in [6, 6.07) is 10.3. The Kier molecular flexibility index (Phi) is 3.08. The number of benzene rings is 1. The summed E-state index contributed by atoms with van der Waals surface area (Å²) in [5, 5.41) is 3.06.